The van der Waals surface area contributed by atoms with Crippen LogP contribution in [0.25, 0.3) is 0 Å². The summed E-state index contributed by atoms with van der Waals surface area (Å²) >= 11 is 0. The summed E-state index contributed by atoms with van der Waals surface area (Å²) in [6.45, 7) is 1.56. The van der Waals surface area contributed by atoms with Crippen LogP contribution in [0, 0.1) is 17.5 Å². The second-order valence-corrected chi connectivity index (χ2v) is 7.73. The molecule has 1 aromatic heterocycles. The van der Waals surface area contributed by atoms with Crippen molar-refractivity contribution in [1.82, 2.24) is 4.90 Å². The number of amides is 1. The van der Waals surface area contributed by atoms with E-state index in [0.29, 0.717) is 16.2 Å². The first kappa shape index (κ1) is 18.0. The van der Waals surface area contributed by atoms with Crippen molar-refractivity contribution in [3.63, 3.8) is 0 Å². The van der Waals surface area contributed by atoms with E-state index in [4.69, 9.17) is 0 Å². The molecule has 0 saturated carbocycles. The molecule has 0 unspecified atom stereocenters. The Morgan fingerprint density at radius 2 is 1.89 bits per heavy atom. The van der Waals surface area contributed by atoms with E-state index in [1.165, 1.54) is 54.8 Å². The number of rotatable bonds is 3. The molecular formula is C23H27N2O2. The normalized spacial score (nSPS) is 21.3. The van der Waals surface area contributed by atoms with Gasteiger partial charge in [0.05, 0.1) is 5.56 Å². The lowest BCUT2D eigenvalue weighted by atomic mass is 9.81. The van der Waals surface area contributed by atoms with E-state index in [2.05, 4.69) is 24.6 Å². The van der Waals surface area contributed by atoms with E-state index in [-0.39, 0.29) is 5.91 Å². The molecule has 2 aliphatic carbocycles. The zero-order valence-corrected chi connectivity index (χ0v) is 15.8. The number of carbonyl (C=O) groups is 1. The zero-order chi connectivity index (χ0) is 18.6. The first-order valence-corrected chi connectivity index (χ1v) is 10.1. The Morgan fingerprint density at radius 1 is 1.11 bits per heavy atom. The molecule has 0 spiro atoms. The largest absolute Gasteiger partial charge is 0.619 e. The number of carbonyl (C=O) groups excluding carboxylic acids is 1. The lowest BCUT2D eigenvalue weighted by molar-refractivity contribution is -0.605. The van der Waals surface area contributed by atoms with Crippen LogP contribution < -0.4 is 4.73 Å². The monoisotopic (exact) mass is 363 g/mol. The molecular weight excluding hydrogens is 336 g/mol. The van der Waals surface area contributed by atoms with Crippen LogP contribution in [0.1, 0.15) is 55.3 Å². The number of nitrogens with zero attached hydrogens (tertiary/aromatic N) is 2. The maximum atomic E-state index is 12.6. The molecule has 4 heteroatoms. The van der Waals surface area contributed by atoms with E-state index in [1.807, 2.05) is 4.90 Å². The molecule has 4 nitrogen and oxygen atoms in total. The Hall–Kier alpha value is -2.36. The predicted molar refractivity (Wildman–Crippen MR) is 106 cm³/mol. The van der Waals surface area contributed by atoms with Crippen molar-refractivity contribution >= 4 is 5.91 Å². The van der Waals surface area contributed by atoms with Crippen LogP contribution in [0.3, 0.4) is 0 Å². The third-order valence-electron chi connectivity index (χ3n) is 5.98. The maximum absolute atomic E-state index is 12.6. The average molecular weight is 363 g/mol. The number of likely N-dealkylation sites (tertiary alicyclic amines) is 1. The van der Waals surface area contributed by atoms with Gasteiger partial charge in [0.2, 0.25) is 0 Å². The van der Waals surface area contributed by atoms with Gasteiger partial charge in [-0.25, -0.2) is 0 Å². The van der Waals surface area contributed by atoms with Crippen molar-refractivity contribution in [1.29, 1.82) is 0 Å². The topological polar surface area (TPSA) is 47.2 Å². The number of piperidine rings is 1. The molecule has 2 heterocycles. The van der Waals surface area contributed by atoms with Gasteiger partial charge in [0, 0.05) is 25.2 Å². The van der Waals surface area contributed by atoms with Crippen molar-refractivity contribution in [3.8, 4) is 0 Å². The highest BCUT2D eigenvalue weighted by molar-refractivity contribution is 5.94. The molecule has 0 bridgehead atoms. The zero-order valence-electron chi connectivity index (χ0n) is 15.8. The lowest BCUT2D eigenvalue weighted by Crippen LogP contribution is -2.39. The van der Waals surface area contributed by atoms with Gasteiger partial charge >= 0.3 is 0 Å². The molecule has 0 atom stereocenters. The number of aromatic nitrogens is 1. The van der Waals surface area contributed by atoms with Gasteiger partial charge in [0.15, 0.2) is 12.4 Å². The lowest BCUT2D eigenvalue weighted by Gasteiger charge is -2.33. The summed E-state index contributed by atoms with van der Waals surface area (Å²) in [5, 5.41) is 11.2. The fourth-order valence-electron chi connectivity index (χ4n) is 4.38. The molecule has 141 valence electrons. The van der Waals surface area contributed by atoms with Crippen LogP contribution in [0.5, 0.6) is 0 Å². The van der Waals surface area contributed by atoms with Crippen molar-refractivity contribution in [2.45, 2.75) is 44.9 Å². The van der Waals surface area contributed by atoms with Gasteiger partial charge in [-0.15, -0.1) is 0 Å². The van der Waals surface area contributed by atoms with Crippen molar-refractivity contribution in [3.05, 3.63) is 76.7 Å². The first-order valence-electron chi connectivity index (χ1n) is 10.1. The Kier molecular flexibility index (Phi) is 5.42. The molecule has 1 amide bonds. The Labute approximate surface area is 161 Å². The standard InChI is InChI=1S/C23H27N2O2/c26-23(20-11-15-25(27)16-12-20)24-13-9-19(10-14-24)22-8-4-7-21(17-22)18-5-2-1-3-6-18/h5,7-8,11-12,15-17,19H,1-4,6,9-10,13-14H2. The van der Waals surface area contributed by atoms with E-state index >= 15 is 0 Å². The van der Waals surface area contributed by atoms with Crippen molar-refractivity contribution in [2.24, 2.45) is 5.92 Å². The highest BCUT2D eigenvalue weighted by Gasteiger charge is 2.26. The molecule has 0 N–H and O–H groups in total. The maximum Gasteiger partial charge on any atom is 0.254 e. The number of allylic oxidation sites excluding steroid dienone is 6. The number of hydrogen-bond donors (Lipinski definition) is 0. The van der Waals surface area contributed by atoms with Gasteiger partial charge in [-0.05, 0) is 74.0 Å². The average Bonchev–Trinajstić information content (AvgIpc) is 2.75. The molecule has 27 heavy (non-hydrogen) atoms. The Morgan fingerprint density at radius 3 is 2.59 bits per heavy atom. The molecule has 0 aromatic carbocycles. The molecule has 1 saturated heterocycles. The Bertz CT molecular complexity index is 781. The summed E-state index contributed by atoms with van der Waals surface area (Å²) < 4.78 is 0.710. The minimum absolute atomic E-state index is 0.0311. The van der Waals surface area contributed by atoms with E-state index in [1.54, 1.807) is 12.1 Å². The second-order valence-electron chi connectivity index (χ2n) is 7.73. The SMILES string of the molecule is O=C(c1cc[n+]([O-])cc1)N1CCC(C2=CC[CH]C(C3=CCCCC3)=C2)CC1. The molecule has 1 fully saturated rings. The van der Waals surface area contributed by atoms with Crippen LogP contribution in [0.2, 0.25) is 0 Å². The smallest absolute Gasteiger partial charge is 0.254 e. The summed E-state index contributed by atoms with van der Waals surface area (Å²) in [5.74, 6) is 0.574. The minimum Gasteiger partial charge on any atom is -0.619 e. The summed E-state index contributed by atoms with van der Waals surface area (Å²) in [6.07, 6.45) is 20.4. The van der Waals surface area contributed by atoms with Crippen molar-refractivity contribution in [2.75, 3.05) is 13.1 Å². The van der Waals surface area contributed by atoms with Crippen LogP contribution in [0.15, 0.2) is 59.5 Å². The third kappa shape index (κ3) is 4.15. The number of hydrogen-bond acceptors (Lipinski definition) is 2. The van der Waals surface area contributed by atoms with Gasteiger partial charge in [0.1, 0.15) is 0 Å². The third-order valence-corrected chi connectivity index (χ3v) is 5.98. The highest BCUT2D eigenvalue weighted by Crippen LogP contribution is 2.34. The van der Waals surface area contributed by atoms with E-state index < -0.39 is 0 Å². The van der Waals surface area contributed by atoms with Crippen LogP contribution in [-0.2, 0) is 0 Å². The Balaban J connectivity index is 1.38. The quantitative estimate of drug-likeness (QED) is 0.599. The fourth-order valence-corrected chi connectivity index (χ4v) is 4.38. The van der Waals surface area contributed by atoms with Crippen LogP contribution in [0.4, 0.5) is 0 Å². The van der Waals surface area contributed by atoms with Gasteiger partial charge in [-0.2, -0.15) is 4.73 Å². The highest BCUT2D eigenvalue weighted by atomic mass is 16.5. The van der Waals surface area contributed by atoms with Gasteiger partial charge in [-0.1, -0.05) is 18.2 Å². The van der Waals surface area contributed by atoms with Crippen LogP contribution >= 0.6 is 0 Å². The molecule has 1 aliphatic heterocycles. The summed E-state index contributed by atoms with van der Waals surface area (Å²) in [7, 11) is 0. The van der Waals surface area contributed by atoms with Crippen molar-refractivity contribution < 1.29 is 9.52 Å². The second kappa shape index (κ2) is 8.12. The van der Waals surface area contributed by atoms with Gasteiger partial charge in [0.25, 0.3) is 5.91 Å². The summed E-state index contributed by atoms with van der Waals surface area (Å²) in [6, 6.07) is 3.21. The molecule has 1 aromatic rings. The minimum atomic E-state index is 0.0311. The number of pyridine rings is 1. The van der Waals surface area contributed by atoms with Crippen LogP contribution in [-0.4, -0.2) is 23.9 Å². The molecule has 4 rings (SSSR count). The summed E-state index contributed by atoms with van der Waals surface area (Å²) in [4.78, 5) is 14.5. The van der Waals surface area contributed by atoms with E-state index in [0.717, 1.165) is 32.4 Å². The van der Waals surface area contributed by atoms with Gasteiger partial charge in [-0.3, -0.25) is 4.79 Å². The van der Waals surface area contributed by atoms with Gasteiger partial charge < -0.3 is 10.1 Å². The fraction of sp³-hybridized carbons (Fsp3) is 0.435. The molecule has 3 aliphatic rings. The first-order chi connectivity index (χ1) is 13.2. The predicted octanol–water partition coefficient (Wildman–Crippen LogP) is 4.13. The van der Waals surface area contributed by atoms with E-state index in [9.17, 15) is 10.0 Å². The summed E-state index contributed by atoms with van der Waals surface area (Å²) in [5.41, 5.74) is 5.01. The molecule has 1 radical (unpaired) electrons.